The lowest BCUT2D eigenvalue weighted by molar-refractivity contribution is 0.613. The average molecular weight is 399 g/mol. The molecule has 5 rings (SSSR count). The zero-order valence-electron chi connectivity index (χ0n) is 16.2. The molecule has 4 aromatic heterocycles. The predicted octanol–water partition coefficient (Wildman–Crippen LogP) is 4.24. The van der Waals surface area contributed by atoms with Crippen molar-refractivity contribution < 1.29 is 4.39 Å². The van der Waals surface area contributed by atoms with E-state index < -0.39 is 0 Å². The summed E-state index contributed by atoms with van der Waals surface area (Å²) in [7, 11) is 0. The van der Waals surface area contributed by atoms with Crippen molar-refractivity contribution in [3.05, 3.63) is 84.2 Å². The van der Waals surface area contributed by atoms with Crippen LogP contribution in [0.15, 0.2) is 67.1 Å². The number of nitrogens with one attached hydrogen (secondary N) is 2. The summed E-state index contributed by atoms with van der Waals surface area (Å²) in [5.74, 6) is 0.277. The van der Waals surface area contributed by atoms with Gasteiger partial charge in [-0.15, -0.1) is 0 Å². The van der Waals surface area contributed by atoms with Gasteiger partial charge in [0.15, 0.2) is 5.65 Å². The smallest absolute Gasteiger partial charge is 0.201 e. The third-order valence-corrected chi connectivity index (χ3v) is 4.80. The average Bonchev–Trinajstić information content (AvgIpc) is 3.39. The number of fused-ring (bicyclic) bond motifs is 1. The van der Waals surface area contributed by atoms with Gasteiger partial charge in [-0.05, 0) is 37.3 Å². The minimum absolute atomic E-state index is 0.256. The molecule has 148 valence electrons. The van der Waals surface area contributed by atoms with Crippen molar-refractivity contribution >= 4 is 11.6 Å². The van der Waals surface area contributed by atoms with E-state index in [1.165, 1.54) is 12.4 Å². The second-order valence-electron chi connectivity index (χ2n) is 6.90. The first-order chi connectivity index (χ1) is 14.7. The minimum Gasteiger partial charge on any atom is -0.352 e. The van der Waals surface area contributed by atoms with Crippen LogP contribution in [0.25, 0.3) is 28.3 Å². The van der Waals surface area contributed by atoms with Gasteiger partial charge in [0, 0.05) is 29.6 Å². The van der Waals surface area contributed by atoms with Crippen LogP contribution in [-0.4, -0.2) is 29.5 Å². The number of benzene rings is 1. The molecule has 0 radical (unpaired) electrons. The lowest BCUT2D eigenvalue weighted by Crippen LogP contribution is -2.02. The molecule has 8 heteroatoms. The van der Waals surface area contributed by atoms with Gasteiger partial charge in [0.25, 0.3) is 0 Å². The number of aromatic amines is 1. The van der Waals surface area contributed by atoms with Crippen molar-refractivity contribution in [3.63, 3.8) is 0 Å². The number of halogens is 1. The summed E-state index contributed by atoms with van der Waals surface area (Å²) in [4.78, 5) is 16.9. The number of hydrogen-bond acceptors (Lipinski definition) is 5. The number of imidazole rings is 1. The fraction of sp³-hybridized carbons (Fsp3) is 0.0909. The van der Waals surface area contributed by atoms with Crippen LogP contribution in [0.2, 0.25) is 0 Å². The fourth-order valence-corrected chi connectivity index (χ4v) is 3.31. The Hall–Kier alpha value is -4.07. The zero-order chi connectivity index (χ0) is 20.5. The highest BCUT2D eigenvalue weighted by molar-refractivity contribution is 5.78. The Morgan fingerprint density at radius 1 is 1.03 bits per heavy atom. The molecule has 0 spiro atoms. The maximum Gasteiger partial charge on any atom is 0.201 e. The van der Waals surface area contributed by atoms with E-state index in [0.29, 0.717) is 18.1 Å². The van der Waals surface area contributed by atoms with Gasteiger partial charge in [-0.25, -0.2) is 18.9 Å². The molecule has 7 nitrogen and oxygen atoms in total. The molecule has 4 heterocycles. The first-order valence-electron chi connectivity index (χ1n) is 9.48. The topological polar surface area (TPSA) is 83.8 Å². The summed E-state index contributed by atoms with van der Waals surface area (Å²) in [5.41, 5.74) is 5.35. The molecule has 0 aliphatic carbocycles. The van der Waals surface area contributed by atoms with E-state index in [-0.39, 0.29) is 5.82 Å². The van der Waals surface area contributed by atoms with Crippen LogP contribution in [0.4, 0.5) is 10.3 Å². The van der Waals surface area contributed by atoms with Crippen molar-refractivity contribution in [2.45, 2.75) is 13.5 Å². The van der Waals surface area contributed by atoms with Crippen molar-refractivity contribution in [3.8, 4) is 22.6 Å². The van der Waals surface area contributed by atoms with E-state index in [1.807, 2.05) is 49.5 Å². The Kier molecular flexibility index (Phi) is 4.44. The minimum atomic E-state index is -0.256. The largest absolute Gasteiger partial charge is 0.352 e. The molecule has 0 fully saturated rings. The summed E-state index contributed by atoms with van der Waals surface area (Å²) in [6.07, 6.45) is 3.38. The maximum absolute atomic E-state index is 14.0. The summed E-state index contributed by atoms with van der Waals surface area (Å²) in [5, 5.41) is 7.39. The van der Waals surface area contributed by atoms with E-state index in [2.05, 4.69) is 25.4 Å². The fourth-order valence-electron chi connectivity index (χ4n) is 3.31. The summed E-state index contributed by atoms with van der Waals surface area (Å²) in [6.45, 7) is 2.25. The number of nitrogens with zero attached hydrogens (tertiary/aromatic N) is 5. The van der Waals surface area contributed by atoms with Crippen molar-refractivity contribution in [2.24, 2.45) is 0 Å². The van der Waals surface area contributed by atoms with E-state index in [0.717, 1.165) is 34.0 Å². The van der Waals surface area contributed by atoms with E-state index in [4.69, 9.17) is 4.98 Å². The molecule has 0 aliphatic heterocycles. The molecule has 0 bridgehead atoms. The lowest BCUT2D eigenvalue weighted by atomic mass is 10.1. The molecular formula is C22H18FN7. The Balaban J connectivity index is 1.56. The van der Waals surface area contributed by atoms with Crippen LogP contribution in [0.1, 0.15) is 11.3 Å². The van der Waals surface area contributed by atoms with Crippen LogP contribution in [0.3, 0.4) is 0 Å². The normalized spacial score (nSPS) is 11.1. The monoisotopic (exact) mass is 399 g/mol. The highest BCUT2D eigenvalue weighted by Gasteiger charge is 2.16. The van der Waals surface area contributed by atoms with Crippen LogP contribution < -0.4 is 5.32 Å². The SMILES string of the molecule is Cc1cccc(-c2[nH]c(NCc3ccccc3F)nc2-c2ccc3ncnn3c2)n1. The second-order valence-corrected chi connectivity index (χ2v) is 6.90. The van der Waals surface area contributed by atoms with Crippen LogP contribution in [-0.2, 0) is 6.54 Å². The highest BCUT2D eigenvalue weighted by atomic mass is 19.1. The number of rotatable bonds is 5. The molecule has 0 unspecified atom stereocenters. The lowest BCUT2D eigenvalue weighted by Gasteiger charge is -2.04. The first kappa shape index (κ1) is 18.0. The van der Waals surface area contributed by atoms with Crippen molar-refractivity contribution in [1.29, 1.82) is 0 Å². The third kappa shape index (κ3) is 3.39. The van der Waals surface area contributed by atoms with Gasteiger partial charge < -0.3 is 10.3 Å². The summed E-state index contributed by atoms with van der Waals surface area (Å²) in [6, 6.07) is 16.3. The Morgan fingerprint density at radius 2 is 1.93 bits per heavy atom. The molecule has 5 aromatic rings. The van der Waals surface area contributed by atoms with Gasteiger partial charge >= 0.3 is 0 Å². The van der Waals surface area contributed by atoms with E-state index >= 15 is 0 Å². The highest BCUT2D eigenvalue weighted by Crippen LogP contribution is 2.31. The standard InChI is InChI=1S/C22H18FN7/c1-14-5-4-8-18(27-14)21-20(16-9-10-19-25-13-26-30(19)12-16)28-22(29-21)24-11-15-6-2-3-7-17(15)23/h2-10,12-13H,11H2,1H3,(H2,24,28,29). The molecule has 1 aromatic carbocycles. The predicted molar refractivity (Wildman–Crippen MR) is 112 cm³/mol. The molecule has 0 atom stereocenters. The van der Waals surface area contributed by atoms with E-state index in [1.54, 1.807) is 16.6 Å². The van der Waals surface area contributed by atoms with Crippen LogP contribution in [0, 0.1) is 12.7 Å². The van der Waals surface area contributed by atoms with Crippen molar-refractivity contribution in [1.82, 2.24) is 29.5 Å². The van der Waals surface area contributed by atoms with Crippen LogP contribution >= 0.6 is 0 Å². The van der Waals surface area contributed by atoms with E-state index in [9.17, 15) is 4.39 Å². The number of hydrogen-bond donors (Lipinski definition) is 2. The van der Waals surface area contributed by atoms with Gasteiger partial charge in [-0.3, -0.25) is 4.98 Å². The van der Waals surface area contributed by atoms with Gasteiger partial charge in [-0.1, -0.05) is 24.3 Å². The number of H-pyrrole nitrogens is 1. The van der Waals surface area contributed by atoms with Gasteiger partial charge in [0.2, 0.25) is 5.95 Å². The second kappa shape index (κ2) is 7.40. The van der Waals surface area contributed by atoms with Gasteiger partial charge in [-0.2, -0.15) is 5.10 Å². The molecule has 2 N–H and O–H groups in total. The quantitative estimate of drug-likeness (QED) is 0.462. The Bertz CT molecular complexity index is 1340. The molecule has 0 saturated carbocycles. The molecule has 0 amide bonds. The zero-order valence-corrected chi connectivity index (χ0v) is 16.2. The Morgan fingerprint density at radius 3 is 2.80 bits per heavy atom. The Labute approximate surface area is 171 Å². The van der Waals surface area contributed by atoms with Crippen molar-refractivity contribution in [2.75, 3.05) is 5.32 Å². The summed E-state index contributed by atoms with van der Waals surface area (Å²) >= 11 is 0. The molecule has 30 heavy (non-hydrogen) atoms. The van der Waals surface area contributed by atoms with Crippen LogP contribution in [0.5, 0.6) is 0 Å². The molecule has 0 saturated heterocycles. The molecular weight excluding hydrogens is 381 g/mol. The first-order valence-corrected chi connectivity index (χ1v) is 9.48. The number of aromatic nitrogens is 6. The number of pyridine rings is 2. The summed E-state index contributed by atoms with van der Waals surface area (Å²) < 4.78 is 15.7. The van der Waals surface area contributed by atoms with Gasteiger partial charge in [0.05, 0.1) is 11.4 Å². The number of anilines is 1. The van der Waals surface area contributed by atoms with Gasteiger partial charge in [0.1, 0.15) is 17.8 Å². The maximum atomic E-state index is 14.0. The number of aryl methyl sites for hydroxylation is 1. The third-order valence-electron chi connectivity index (χ3n) is 4.80. The molecule has 0 aliphatic rings.